The lowest BCUT2D eigenvalue weighted by molar-refractivity contribution is 0.0406. The van der Waals surface area contributed by atoms with Crippen LogP contribution in [0.15, 0.2) is 0 Å². The Hall–Kier alpha value is -0.210. The highest BCUT2D eigenvalue weighted by Crippen LogP contribution is 2.11. The van der Waals surface area contributed by atoms with Crippen molar-refractivity contribution in [3.63, 3.8) is 0 Å². The third-order valence-corrected chi connectivity index (χ3v) is 3.58. The zero-order valence-corrected chi connectivity index (χ0v) is 9.75. The molecule has 0 spiro atoms. The molecule has 0 amide bonds. The van der Waals surface area contributed by atoms with Crippen molar-refractivity contribution in [3.05, 3.63) is 0 Å². The SMILES string of the molecule is COCCONS(=O)(=O)N1CCCCC1. The van der Waals surface area contributed by atoms with Crippen LogP contribution in [-0.4, -0.2) is 46.1 Å². The van der Waals surface area contributed by atoms with E-state index in [4.69, 9.17) is 9.57 Å². The van der Waals surface area contributed by atoms with Crippen LogP contribution in [0.1, 0.15) is 19.3 Å². The fraction of sp³-hybridized carbons (Fsp3) is 1.00. The van der Waals surface area contributed by atoms with Gasteiger partial charge in [-0.05, 0) is 12.8 Å². The molecule has 0 aromatic carbocycles. The van der Waals surface area contributed by atoms with Crippen LogP contribution in [0.4, 0.5) is 0 Å². The van der Waals surface area contributed by atoms with Gasteiger partial charge in [-0.3, -0.25) is 4.84 Å². The van der Waals surface area contributed by atoms with Gasteiger partial charge >= 0.3 is 10.2 Å². The number of hydrogen-bond acceptors (Lipinski definition) is 4. The van der Waals surface area contributed by atoms with Gasteiger partial charge in [0.15, 0.2) is 0 Å². The Bertz CT molecular complexity index is 262. The fourth-order valence-corrected chi connectivity index (χ4v) is 2.48. The third-order valence-electron chi connectivity index (χ3n) is 2.21. The first-order valence-electron chi connectivity index (χ1n) is 5.04. The van der Waals surface area contributed by atoms with E-state index in [2.05, 4.69) is 4.89 Å². The van der Waals surface area contributed by atoms with Crippen molar-refractivity contribution in [1.29, 1.82) is 0 Å². The minimum absolute atomic E-state index is 0.212. The predicted octanol–water partition coefficient (Wildman–Crippen LogP) is -0.115. The quantitative estimate of drug-likeness (QED) is 0.517. The van der Waals surface area contributed by atoms with Gasteiger partial charge in [-0.15, -0.1) is 0 Å². The second-order valence-electron chi connectivity index (χ2n) is 3.39. The smallest absolute Gasteiger partial charge is 0.301 e. The van der Waals surface area contributed by atoms with Crippen LogP contribution in [0, 0.1) is 0 Å². The standard InChI is InChI=1S/C8H18N2O4S/c1-13-7-8-14-9-15(11,12)10-5-3-2-4-6-10/h9H,2-8H2,1H3. The molecule has 90 valence electrons. The summed E-state index contributed by atoms with van der Waals surface area (Å²) in [5.74, 6) is 0. The molecular weight excluding hydrogens is 220 g/mol. The molecule has 1 aliphatic heterocycles. The second-order valence-corrected chi connectivity index (χ2v) is 5.02. The Morgan fingerprint density at radius 2 is 1.87 bits per heavy atom. The molecule has 1 fully saturated rings. The molecule has 1 saturated heterocycles. The fourth-order valence-electron chi connectivity index (χ4n) is 1.40. The van der Waals surface area contributed by atoms with Gasteiger partial charge in [-0.25, -0.2) is 0 Å². The van der Waals surface area contributed by atoms with E-state index >= 15 is 0 Å². The first-order valence-corrected chi connectivity index (χ1v) is 6.48. The van der Waals surface area contributed by atoms with Crippen molar-refractivity contribution in [1.82, 2.24) is 9.19 Å². The van der Waals surface area contributed by atoms with Crippen molar-refractivity contribution < 1.29 is 18.0 Å². The van der Waals surface area contributed by atoms with E-state index in [0.717, 1.165) is 19.3 Å². The Labute approximate surface area is 90.7 Å². The van der Waals surface area contributed by atoms with E-state index in [1.165, 1.54) is 11.4 Å². The van der Waals surface area contributed by atoms with Gasteiger partial charge in [-0.2, -0.15) is 12.7 Å². The Morgan fingerprint density at radius 3 is 2.47 bits per heavy atom. The average Bonchev–Trinajstić information content (AvgIpc) is 2.26. The Morgan fingerprint density at radius 1 is 1.20 bits per heavy atom. The third kappa shape index (κ3) is 4.43. The summed E-state index contributed by atoms with van der Waals surface area (Å²) in [6.07, 6.45) is 2.93. The topological polar surface area (TPSA) is 67.9 Å². The van der Waals surface area contributed by atoms with Crippen molar-refractivity contribution in [3.8, 4) is 0 Å². The maximum Gasteiger partial charge on any atom is 0.301 e. The molecule has 1 heterocycles. The molecular formula is C8H18N2O4S. The minimum Gasteiger partial charge on any atom is -0.382 e. The number of nitrogens with one attached hydrogen (secondary N) is 1. The molecule has 0 unspecified atom stereocenters. The van der Waals surface area contributed by atoms with Crippen molar-refractivity contribution in [2.75, 3.05) is 33.4 Å². The number of ether oxygens (including phenoxy) is 1. The van der Waals surface area contributed by atoms with Gasteiger partial charge in [0.1, 0.15) is 0 Å². The van der Waals surface area contributed by atoms with Gasteiger partial charge in [0.25, 0.3) is 0 Å². The van der Waals surface area contributed by atoms with Gasteiger partial charge in [-0.1, -0.05) is 11.3 Å². The summed E-state index contributed by atoms with van der Waals surface area (Å²) < 4.78 is 29.3. The molecule has 1 aliphatic rings. The van der Waals surface area contributed by atoms with Gasteiger partial charge in [0.2, 0.25) is 0 Å². The monoisotopic (exact) mass is 238 g/mol. The summed E-state index contributed by atoms with van der Waals surface area (Å²) in [6.45, 7) is 1.72. The average molecular weight is 238 g/mol. The highest BCUT2D eigenvalue weighted by atomic mass is 32.2. The maximum atomic E-state index is 11.6. The zero-order valence-electron chi connectivity index (χ0n) is 8.94. The molecule has 0 aromatic heterocycles. The highest BCUT2D eigenvalue weighted by Gasteiger charge is 2.23. The number of methoxy groups -OCH3 is 1. The normalized spacial score (nSPS) is 19.3. The lowest BCUT2D eigenvalue weighted by Crippen LogP contribution is -2.43. The van der Waals surface area contributed by atoms with Gasteiger partial charge in [0, 0.05) is 20.2 Å². The highest BCUT2D eigenvalue weighted by molar-refractivity contribution is 7.87. The summed E-state index contributed by atoms with van der Waals surface area (Å²) in [4.78, 5) is 6.87. The summed E-state index contributed by atoms with van der Waals surface area (Å²) >= 11 is 0. The number of nitrogens with zero attached hydrogens (tertiary/aromatic N) is 1. The van der Waals surface area contributed by atoms with Crippen molar-refractivity contribution in [2.45, 2.75) is 19.3 Å². The van der Waals surface area contributed by atoms with Crippen LogP contribution < -0.4 is 4.89 Å². The molecule has 0 radical (unpaired) electrons. The lowest BCUT2D eigenvalue weighted by atomic mass is 10.2. The van der Waals surface area contributed by atoms with Gasteiger partial charge < -0.3 is 4.74 Å². The molecule has 0 atom stereocenters. The van der Waals surface area contributed by atoms with E-state index in [1.807, 2.05) is 0 Å². The molecule has 0 bridgehead atoms. The van der Waals surface area contributed by atoms with E-state index in [0.29, 0.717) is 19.7 Å². The first kappa shape index (κ1) is 12.9. The second kappa shape index (κ2) is 6.39. The molecule has 0 saturated carbocycles. The molecule has 0 aromatic rings. The van der Waals surface area contributed by atoms with E-state index in [9.17, 15) is 8.42 Å². The number of piperidine rings is 1. The molecule has 0 aliphatic carbocycles. The summed E-state index contributed by atoms with van der Waals surface area (Å²) in [6, 6.07) is 0. The summed E-state index contributed by atoms with van der Waals surface area (Å²) in [5, 5.41) is 0. The van der Waals surface area contributed by atoms with E-state index in [-0.39, 0.29) is 6.61 Å². The molecule has 7 heteroatoms. The van der Waals surface area contributed by atoms with Crippen LogP contribution >= 0.6 is 0 Å². The predicted molar refractivity (Wildman–Crippen MR) is 55.3 cm³/mol. The van der Waals surface area contributed by atoms with Crippen LogP contribution in [0.5, 0.6) is 0 Å². The molecule has 1 N–H and O–H groups in total. The molecule has 15 heavy (non-hydrogen) atoms. The Kier molecular flexibility index (Phi) is 5.48. The summed E-state index contributed by atoms with van der Waals surface area (Å²) in [7, 11) is -1.93. The van der Waals surface area contributed by atoms with Crippen LogP contribution in [0.3, 0.4) is 0 Å². The van der Waals surface area contributed by atoms with Crippen LogP contribution in [0.25, 0.3) is 0 Å². The number of rotatable bonds is 6. The number of hydrogen-bond donors (Lipinski definition) is 1. The largest absolute Gasteiger partial charge is 0.382 e. The molecule has 6 nitrogen and oxygen atoms in total. The van der Waals surface area contributed by atoms with E-state index < -0.39 is 10.2 Å². The molecule has 1 rings (SSSR count). The van der Waals surface area contributed by atoms with Crippen LogP contribution in [0.2, 0.25) is 0 Å². The van der Waals surface area contributed by atoms with E-state index in [1.54, 1.807) is 0 Å². The van der Waals surface area contributed by atoms with Crippen molar-refractivity contribution >= 4 is 10.2 Å². The Balaban J connectivity index is 2.30. The zero-order chi connectivity index (χ0) is 11.1. The van der Waals surface area contributed by atoms with Crippen LogP contribution in [-0.2, 0) is 19.8 Å². The maximum absolute atomic E-state index is 11.6. The lowest BCUT2D eigenvalue weighted by Gasteiger charge is -2.25. The first-order chi connectivity index (χ1) is 7.17. The summed E-state index contributed by atoms with van der Waals surface area (Å²) in [5.41, 5.74) is 0. The van der Waals surface area contributed by atoms with Gasteiger partial charge in [0.05, 0.1) is 13.2 Å². The minimum atomic E-state index is -3.46. The van der Waals surface area contributed by atoms with Crippen molar-refractivity contribution in [2.24, 2.45) is 0 Å².